The Morgan fingerprint density at radius 1 is 1.33 bits per heavy atom. The lowest BCUT2D eigenvalue weighted by atomic mass is 9.88. The fraction of sp³-hybridized carbons (Fsp3) is 0.588. The van der Waals surface area contributed by atoms with Crippen LogP contribution >= 0.6 is 0 Å². The topological polar surface area (TPSA) is 41.6 Å². The molecule has 1 N–H and O–H groups in total. The summed E-state index contributed by atoms with van der Waals surface area (Å²) in [6, 6.07) is 10.2. The highest BCUT2D eigenvalue weighted by Crippen LogP contribution is 2.25. The number of methoxy groups -OCH3 is 1. The monoisotopic (exact) mass is 292 g/mol. The number of ether oxygens (including phenoxy) is 1. The Morgan fingerprint density at radius 2 is 1.95 bits per heavy atom. The first-order valence-electron chi connectivity index (χ1n) is 7.62. The summed E-state index contributed by atoms with van der Waals surface area (Å²) in [6.45, 7) is 7.95. The standard InChI is InChI=1S/C17H28N2O2/c1-6-14(3)19(7-2)13-17(18-4,16(20)21-5)15-11-9-8-10-12-15/h8-12,14,18H,6-7,13H2,1-5H3. The van der Waals surface area contributed by atoms with Crippen molar-refractivity contribution in [3.63, 3.8) is 0 Å². The van der Waals surface area contributed by atoms with Gasteiger partial charge in [-0.1, -0.05) is 44.2 Å². The smallest absolute Gasteiger partial charge is 0.332 e. The molecule has 0 fully saturated rings. The van der Waals surface area contributed by atoms with E-state index in [-0.39, 0.29) is 5.97 Å². The lowest BCUT2D eigenvalue weighted by molar-refractivity contribution is -0.150. The van der Waals surface area contributed by atoms with Gasteiger partial charge in [0.05, 0.1) is 7.11 Å². The third-order valence-electron chi connectivity index (χ3n) is 4.29. The van der Waals surface area contributed by atoms with Gasteiger partial charge in [0, 0.05) is 12.6 Å². The van der Waals surface area contributed by atoms with Crippen LogP contribution in [0.4, 0.5) is 0 Å². The summed E-state index contributed by atoms with van der Waals surface area (Å²) in [5.41, 5.74) is 0.0937. The number of hydrogen-bond acceptors (Lipinski definition) is 4. The van der Waals surface area contributed by atoms with Gasteiger partial charge in [0.15, 0.2) is 5.54 Å². The van der Waals surface area contributed by atoms with Crippen LogP contribution in [0.1, 0.15) is 32.8 Å². The van der Waals surface area contributed by atoms with Crippen molar-refractivity contribution in [1.29, 1.82) is 0 Å². The summed E-state index contributed by atoms with van der Waals surface area (Å²) in [5.74, 6) is -0.252. The van der Waals surface area contributed by atoms with E-state index in [2.05, 4.69) is 31.0 Å². The number of carbonyl (C=O) groups is 1. The van der Waals surface area contributed by atoms with Gasteiger partial charge in [-0.05, 0) is 32.5 Å². The summed E-state index contributed by atoms with van der Waals surface area (Å²) in [4.78, 5) is 14.8. The third kappa shape index (κ3) is 3.83. The molecule has 21 heavy (non-hydrogen) atoms. The second kappa shape index (κ2) is 8.15. The fourth-order valence-electron chi connectivity index (χ4n) is 2.64. The first kappa shape index (κ1) is 17.7. The van der Waals surface area contributed by atoms with Crippen LogP contribution in [-0.4, -0.2) is 44.2 Å². The largest absolute Gasteiger partial charge is 0.467 e. The normalized spacial score (nSPS) is 15.5. The molecule has 0 saturated carbocycles. The second-order valence-corrected chi connectivity index (χ2v) is 5.33. The zero-order chi connectivity index (χ0) is 15.9. The minimum Gasteiger partial charge on any atom is -0.467 e. The first-order valence-corrected chi connectivity index (χ1v) is 7.62. The maximum atomic E-state index is 12.5. The Morgan fingerprint density at radius 3 is 2.38 bits per heavy atom. The van der Waals surface area contributed by atoms with Gasteiger partial charge in [-0.3, -0.25) is 4.90 Å². The molecule has 0 bridgehead atoms. The van der Waals surface area contributed by atoms with Crippen molar-refractivity contribution >= 4 is 5.97 Å². The Labute approximate surface area is 128 Å². The van der Waals surface area contributed by atoms with E-state index in [0.29, 0.717) is 12.6 Å². The molecule has 0 saturated heterocycles. The summed E-state index contributed by atoms with van der Waals surface area (Å²) in [5, 5.41) is 3.21. The van der Waals surface area contributed by atoms with Crippen LogP contribution in [0.25, 0.3) is 0 Å². The van der Waals surface area contributed by atoms with Crippen molar-refractivity contribution in [1.82, 2.24) is 10.2 Å². The quantitative estimate of drug-likeness (QED) is 0.747. The maximum absolute atomic E-state index is 12.5. The SMILES string of the molecule is CCC(C)N(CC)CC(NC)(C(=O)OC)c1ccccc1. The van der Waals surface area contributed by atoms with E-state index in [1.807, 2.05) is 37.4 Å². The molecule has 118 valence electrons. The first-order chi connectivity index (χ1) is 10.1. The van der Waals surface area contributed by atoms with Crippen molar-refractivity contribution < 1.29 is 9.53 Å². The Hall–Kier alpha value is -1.39. The highest BCUT2D eigenvalue weighted by Gasteiger charge is 2.41. The number of esters is 1. The molecular formula is C17H28N2O2. The van der Waals surface area contributed by atoms with Crippen molar-refractivity contribution in [3.8, 4) is 0 Å². The van der Waals surface area contributed by atoms with Crippen LogP contribution in [0.15, 0.2) is 30.3 Å². The zero-order valence-electron chi connectivity index (χ0n) is 13.8. The number of likely N-dealkylation sites (N-methyl/N-ethyl adjacent to an activating group) is 2. The molecule has 4 nitrogen and oxygen atoms in total. The highest BCUT2D eigenvalue weighted by atomic mass is 16.5. The van der Waals surface area contributed by atoms with Gasteiger partial charge >= 0.3 is 5.97 Å². The number of nitrogens with one attached hydrogen (secondary N) is 1. The minimum atomic E-state index is -0.838. The van der Waals surface area contributed by atoms with E-state index in [9.17, 15) is 4.79 Å². The van der Waals surface area contributed by atoms with Crippen molar-refractivity contribution in [2.45, 2.75) is 38.8 Å². The number of hydrogen-bond donors (Lipinski definition) is 1. The second-order valence-electron chi connectivity index (χ2n) is 5.33. The summed E-state index contributed by atoms with van der Waals surface area (Å²) >= 11 is 0. The predicted molar refractivity (Wildman–Crippen MR) is 86.2 cm³/mol. The maximum Gasteiger partial charge on any atom is 0.332 e. The molecule has 0 aliphatic rings. The Kier molecular flexibility index (Phi) is 6.85. The molecule has 2 atom stereocenters. The molecule has 0 aliphatic heterocycles. The van der Waals surface area contributed by atoms with E-state index in [1.54, 1.807) is 0 Å². The Bertz CT molecular complexity index is 436. The van der Waals surface area contributed by atoms with E-state index < -0.39 is 5.54 Å². The van der Waals surface area contributed by atoms with Gasteiger partial charge in [0.2, 0.25) is 0 Å². The van der Waals surface area contributed by atoms with Gasteiger partial charge in [0.25, 0.3) is 0 Å². The van der Waals surface area contributed by atoms with E-state index in [1.165, 1.54) is 7.11 Å². The molecule has 0 aromatic heterocycles. The molecule has 1 aromatic carbocycles. The van der Waals surface area contributed by atoms with E-state index in [0.717, 1.165) is 18.5 Å². The van der Waals surface area contributed by atoms with E-state index in [4.69, 9.17) is 4.74 Å². The number of benzene rings is 1. The molecule has 1 rings (SSSR count). The zero-order valence-corrected chi connectivity index (χ0v) is 13.8. The van der Waals surface area contributed by atoms with Crippen molar-refractivity contribution in [3.05, 3.63) is 35.9 Å². The fourth-order valence-corrected chi connectivity index (χ4v) is 2.64. The predicted octanol–water partition coefficient (Wildman–Crippen LogP) is 2.39. The number of carbonyl (C=O) groups excluding carboxylic acids is 1. The Balaban J connectivity index is 3.22. The molecule has 1 aromatic rings. The lowest BCUT2D eigenvalue weighted by Crippen LogP contribution is -2.57. The molecule has 0 amide bonds. The molecule has 0 radical (unpaired) electrons. The molecule has 4 heteroatoms. The summed E-state index contributed by atoms with van der Waals surface area (Å²) < 4.78 is 5.09. The third-order valence-corrected chi connectivity index (χ3v) is 4.29. The van der Waals surface area contributed by atoms with Crippen LogP contribution in [0, 0.1) is 0 Å². The molecule has 0 spiro atoms. The van der Waals surface area contributed by atoms with Crippen molar-refractivity contribution in [2.75, 3.05) is 27.2 Å². The average molecular weight is 292 g/mol. The number of rotatable bonds is 8. The average Bonchev–Trinajstić information content (AvgIpc) is 2.56. The van der Waals surface area contributed by atoms with E-state index >= 15 is 0 Å². The van der Waals surface area contributed by atoms with Crippen LogP contribution in [0.2, 0.25) is 0 Å². The van der Waals surface area contributed by atoms with Crippen LogP contribution in [0.3, 0.4) is 0 Å². The lowest BCUT2D eigenvalue weighted by Gasteiger charge is -2.38. The van der Waals surface area contributed by atoms with Gasteiger partial charge in [0.1, 0.15) is 0 Å². The minimum absolute atomic E-state index is 0.252. The highest BCUT2D eigenvalue weighted by molar-refractivity contribution is 5.83. The molecular weight excluding hydrogens is 264 g/mol. The summed E-state index contributed by atoms with van der Waals surface area (Å²) in [7, 11) is 3.26. The molecule has 0 heterocycles. The van der Waals surface area contributed by atoms with Crippen LogP contribution < -0.4 is 5.32 Å². The van der Waals surface area contributed by atoms with Gasteiger partial charge in [-0.15, -0.1) is 0 Å². The van der Waals surface area contributed by atoms with Crippen LogP contribution in [0.5, 0.6) is 0 Å². The molecule has 0 aliphatic carbocycles. The van der Waals surface area contributed by atoms with Gasteiger partial charge < -0.3 is 10.1 Å². The van der Waals surface area contributed by atoms with Gasteiger partial charge in [-0.25, -0.2) is 4.79 Å². The number of nitrogens with zero attached hydrogens (tertiary/aromatic N) is 1. The van der Waals surface area contributed by atoms with Crippen molar-refractivity contribution in [2.24, 2.45) is 0 Å². The van der Waals surface area contributed by atoms with Crippen LogP contribution in [-0.2, 0) is 15.1 Å². The van der Waals surface area contributed by atoms with Gasteiger partial charge in [-0.2, -0.15) is 0 Å². The molecule has 2 unspecified atom stereocenters. The summed E-state index contributed by atoms with van der Waals surface area (Å²) in [6.07, 6.45) is 1.05.